The third kappa shape index (κ3) is 3.13. The van der Waals surface area contributed by atoms with Crippen molar-refractivity contribution in [1.82, 2.24) is 19.8 Å². The van der Waals surface area contributed by atoms with E-state index in [1.165, 1.54) is 5.56 Å². The molecule has 1 fully saturated rings. The maximum absolute atomic E-state index is 11.7. The molecule has 5 nitrogen and oxygen atoms in total. The zero-order chi connectivity index (χ0) is 14.7. The fourth-order valence-electron chi connectivity index (χ4n) is 2.88. The van der Waals surface area contributed by atoms with Gasteiger partial charge in [-0.1, -0.05) is 30.3 Å². The number of nitrogens with zero attached hydrogens (tertiary/aromatic N) is 3. The minimum Gasteiger partial charge on any atom is -0.347 e. The molecule has 110 valence electrons. The second-order valence-electron chi connectivity index (χ2n) is 5.44. The highest BCUT2D eigenvalue weighted by Gasteiger charge is 2.29. The molecular formula is C16H20N4O. The third-order valence-electron chi connectivity index (χ3n) is 4.05. The van der Waals surface area contributed by atoms with E-state index in [0.29, 0.717) is 0 Å². The Labute approximate surface area is 124 Å². The van der Waals surface area contributed by atoms with Crippen LogP contribution in [0.4, 0.5) is 0 Å². The van der Waals surface area contributed by atoms with Crippen molar-refractivity contribution < 1.29 is 4.79 Å². The fourth-order valence-corrected chi connectivity index (χ4v) is 2.88. The number of nitrogens with one attached hydrogen (secondary N) is 1. The molecule has 0 radical (unpaired) electrons. The topological polar surface area (TPSA) is 52.2 Å². The van der Waals surface area contributed by atoms with Crippen molar-refractivity contribution in [2.24, 2.45) is 0 Å². The van der Waals surface area contributed by atoms with Crippen LogP contribution in [0.25, 0.3) is 0 Å². The first-order valence-electron chi connectivity index (χ1n) is 7.26. The van der Waals surface area contributed by atoms with E-state index in [9.17, 15) is 4.79 Å². The van der Waals surface area contributed by atoms with E-state index in [1.807, 2.05) is 17.2 Å². The summed E-state index contributed by atoms with van der Waals surface area (Å²) in [7, 11) is 0. The Morgan fingerprint density at radius 2 is 2.14 bits per heavy atom. The molecule has 0 saturated carbocycles. The lowest BCUT2D eigenvalue weighted by molar-refractivity contribution is -0.132. The van der Waals surface area contributed by atoms with Crippen molar-refractivity contribution in [3.05, 3.63) is 54.1 Å². The molecule has 0 bridgehead atoms. The van der Waals surface area contributed by atoms with Gasteiger partial charge in [-0.15, -0.1) is 0 Å². The lowest BCUT2D eigenvalue weighted by Gasteiger charge is -2.41. The van der Waals surface area contributed by atoms with E-state index < -0.39 is 0 Å². The van der Waals surface area contributed by atoms with Crippen molar-refractivity contribution in [2.75, 3.05) is 19.6 Å². The second kappa shape index (κ2) is 6.10. The Balaban J connectivity index is 1.82. The Morgan fingerprint density at radius 3 is 2.81 bits per heavy atom. The first-order chi connectivity index (χ1) is 10.2. The molecule has 1 aromatic heterocycles. The lowest BCUT2D eigenvalue weighted by atomic mass is 10.0. The molecule has 1 aliphatic heterocycles. The summed E-state index contributed by atoms with van der Waals surface area (Å²) >= 11 is 0. The highest BCUT2D eigenvalue weighted by Crippen LogP contribution is 2.26. The van der Waals surface area contributed by atoms with E-state index in [-0.39, 0.29) is 11.9 Å². The molecule has 5 heteroatoms. The molecule has 1 atom stereocenters. The summed E-state index contributed by atoms with van der Waals surface area (Å²) < 4.78 is 0. The number of aromatic nitrogens is 2. The molecule has 1 aliphatic rings. The molecule has 0 unspecified atom stereocenters. The van der Waals surface area contributed by atoms with E-state index in [1.54, 1.807) is 13.3 Å². The Bertz CT molecular complexity index is 582. The molecule has 21 heavy (non-hydrogen) atoms. The Kier molecular flexibility index (Phi) is 4.01. The van der Waals surface area contributed by atoms with Gasteiger partial charge >= 0.3 is 0 Å². The van der Waals surface area contributed by atoms with Crippen LogP contribution in [0.15, 0.2) is 42.9 Å². The summed E-state index contributed by atoms with van der Waals surface area (Å²) in [4.78, 5) is 23.3. The van der Waals surface area contributed by atoms with Gasteiger partial charge in [-0.2, -0.15) is 0 Å². The highest BCUT2D eigenvalue weighted by atomic mass is 16.2. The van der Waals surface area contributed by atoms with Gasteiger partial charge < -0.3 is 9.88 Å². The first-order valence-corrected chi connectivity index (χ1v) is 7.26. The van der Waals surface area contributed by atoms with Crippen LogP contribution in [0.5, 0.6) is 0 Å². The zero-order valence-corrected chi connectivity index (χ0v) is 12.2. The van der Waals surface area contributed by atoms with Gasteiger partial charge in [0.25, 0.3) is 0 Å². The predicted molar refractivity (Wildman–Crippen MR) is 80.4 cm³/mol. The summed E-state index contributed by atoms with van der Waals surface area (Å²) in [6.45, 7) is 4.87. The smallest absolute Gasteiger partial charge is 0.219 e. The van der Waals surface area contributed by atoms with Gasteiger partial charge in [0.05, 0.1) is 12.4 Å². The minimum absolute atomic E-state index is 0.150. The Hall–Kier alpha value is -2.14. The average Bonchev–Trinajstić information content (AvgIpc) is 3.01. The van der Waals surface area contributed by atoms with Crippen LogP contribution in [0.1, 0.15) is 24.2 Å². The third-order valence-corrected chi connectivity index (χ3v) is 4.05. The molecule has 1 aromatic carbocycles. The van der Waals surface area contributed by atoms with Gasteiger partial charge in [-0.3, -0.25) is 9.69 Å². The molecule has 0 spiro atoms. The number of aromatic amines is 1. The number of benzene rings is 1. The van der Waals surface area contributed by atoms with Crippen LogP contribution in [0.3, 0.4) is 0 Å². The van der Waals surface area contributed by atoms with Gasteiger partial charge in [0.1, 0.15) is 0 Å². The maximum atomic E-state index is 11.7. The van der Waals surface area contributed by atoms with Crippen molar-refractivity contribution in [1.29, 1.82) is 0 Å². The summed E-state index contributed by atoms with van der Waals surface area (Å²) in [5.74, 6) is 0.150. The van der Waals surface area contributed by atoms with Gasteiger partial charge in [0.15, 0.2) is 0 Å². The maximum Gasteiger partial charge on any atom is 0.219 e. The predicted octanol–water partition coefficient (Wildman–Crippen LogP) is 1.82. The number of carbonyl (C=O) groups excluding carboxylic acids is 1. The van der Waals surface area contributed by atoms with Crippen molar-refractivity contribution in [3.63, 3.8) is 0 Å². The Morgan fingerprint density at radius 1 is 1.33 bits per heavy atom. The van der Waals surface area contributed by atoms with Crippen LogP contribution >= 0.6 is 0 Å². The van der Waals surface area contributed by atoms with Crippen LogP contribution in [0, 0.1) is 0 Å². The van der Waals surface area contributed by atoms with Crippen LogP contribution in [-0.2, 0) is 11.3 Å². The van der Waals surface area contributed by atoms with Gasteiger partial charge in [0, 0.05) is 45.0 Å². The summed E-state index contributed by atoms with van der Waals surface area (Å²) in [6, 6.07) is 10.6. The largest absolute Gasteiger partial charge is 0.347 e. The minimum atomic E-state index is 0.150. The molecule has 1 saturated heterocycles. The second-order valence-corrected chi connectivity index (χ2v) is 5.44. The van der Waals surface area contributed by atoms with Gasteiger partial charge in [-0.25, -0.2) is 4.98 Å². The fraction of sp³-hybridized carbons (Fsp3) is 0.375. The van der Waals surface area contributed by atoms with Crippen molar-refractivity contribution in [3.8, 4) is 0 Å². The normalized spacial score (nSPS) is 19.7. The number of H-pyrrole nitrogens is 1. The number of amides is 1. The zero-order valence-electron chi connectivity index (χ0n) is 12.2. The standard InChI is InChI=1S/C16H20N4O/c1-13(21)19-7-8-20(10-15-9-17-12-18-15)16(11-19)14-5-3-2-4-6-14/h2-6,9,12,16H,7-8,10-11H2,1H3,(H,17,18)/t16-/m1/s1. The monoisotopic (exact) mass is 284 g/mol. The summed E-state index contributed by atoms with van der Waals surface area (Å²) in [5, 5.41) is 0. The van der Waals surface area contributed by atoms with Gasteiger partial charge in [0.2, 0.25) is 5.91 Å². The average molecular weight is 284 g/mol. The molecular weight excluding hydrogens is 264 g/mol. The highest BCUT2D eigenvalue weighted by molar-refractivity contribution is 5.73. The molecule has 1 N–H and O–H groups in total. The number of hydrogen-bond donors (Lipinski definition) is 1. The molecule has 3 rings (SSSR count). The van der Waals surface area contributed by atoms with Crippen molar-refractivity contribution in [2.45, 2.75) is 19.5 Å². The van der Waals surface area contributed by atoms with Crippen LogP contribution < -0.4 is 0 Å². The number of rotatable bonds is 3. The molecule has 0 aliphatic carbocycles. The first kappa shape index (κ1) is 13.8. The summed E-state index contributed by atoms with van der Waals surface area (Å²) in [6.07, 6.45) is 3.57. The van der Waals surface area contributed by atoms with Gasteiger partial charge in [-0.05, 0) is 5.56 Å². The summed E-state index contributed by atoms with van der Waals surface area (Å²) in [5.41, 5.74) is 2.36. The van der Waals surface area contributed by atoms with E-state index >= 15 is 0 Å². The quantitative estimate of drug-likeness (QED) is 0.935. The van der Waals surface area contributed by atoms with E-state index in [4.69, 9.17) is 0 Å². The van der Waals surface area contributed by atoms with E-state index in [0.717, 1.165) is 31.9 Å². The number of imidazole rings is 1. The molecule has 1 amide bonds. The number of hydrogen-bond acceptors (Lipinski definition) is 3. The van der Waals surface area contributed by atoms with Crippen LogP contribution in [0.2, 0.25) is 0 Å². The molecule has 2 heterocycles. The van der Waals surface area contributed by atoms with Crippen LogP contribution in [-0.4, -0.2) is 45.3 Å². The molecule has 2 aromatic rings. The SMILES string of the molecule is CC(=O)N1CCN(Cc2cnc[nH]2)[C@@H](c2ccccc2)C1. The number of piperazine rings is 1. The van der Waals surface area contributed by atoms with Crippen molar-refractivity contribution >= 4 is 5.91 Å². The number of carbonyl (C=O) groups is 1. The van der Waals surface area contributed by atoms with E-state index in [2.05, 4.69) is 39.1 Å². The lowest BCUT2D eigenvalue weighted by Crippen LogP contribution is -2.49.